The van der Waals surface area contributed by atoms with Crippen LogP contribution in [0, 0.1) is 17.7 Å². The molecule has 1 aromatic rings. The molecular formula is C10H7BrClF. The predicted molar refractivity (Wildman–Crippen MR) is 56.7 cm³/mol. The molecule has 68 valence electrons. The molecule has 0 amide bonds. The normalized spacial score (nSPS) is 9.15. The van der Waals surface area contributed by atoms with Gasteiger partial charge in [-0.15, -0.1) is 0 Å². The van der Waals surface area contributed by atoms with E-state index in [0.717, 1.165) is 11.8 Å². The van der Waals surface area contributed by atoms with E-state index in [-0.39, 0.29) is 5.82 Å². The van der Waals surface area contributed by atoms with Crippen LogP contribution in [0.5, 0.6) is 0 Å². The van der Waals surface area contributed by atoms with E-state index in [1.54, 1.807) is 6.07 Å². The molecule has 0 unspecified atom stereocenters. The van der Waals surface area contributed by atoms with Crippen molar-refractivity contribution in [3.05, 3.63) is 34.6 Å². The summed E-state index contributed by atoms with van der Waals surface area (Å²) in [5.41, 5.74) is 0.617. The number of hydrogen-bond acceptors (Lipinski definition) is 0. The van der Waals surface area contributed by atoms with E-state index in [1.165, 1.54) is 12.1 Å². The minimum atomic E-state index is -0.351. The van der Waals surface area contributed by atoms with Gasteiger partial charge in [-0.05, 0) is 18.2 Å². The van der Waals surface area contributed by atoms with Gasteiger partial charge in [-0.1, -0.05) is 39.4 Å². The Morgan fingerprint density at radius 2 is 2.15 bits per heavy atom. The molecule has 0 spiro atoms. The van der Waals surface area contributed by atoms with Crippen LogP contribution in [0.1, 0.15) is 12.0 Å². The zero-order valence-electron chi connectivity index (χ0n) is 6.78. The molecule has 3 heteroatoms. The lowest BCUT2D eigenvalue weighted by atomic mass is 10.2. The second kappa shape index (κ2) is 5.26. The van der Waals surface area contributed by atoms with Crippen molar-refractivity contribution in [2.24, 2.45) is 0 Å². The topological polar surface area (TPSA) is 0 Å². The van der Waals surface area contributed by atoms with Gasteiger partial charge < -0.3 is 0 Å². The maximum absolute atomic E-state index is 12.8. The van der Waals surface area contributed by atoms with Gasteiger partial charge in [0.05, 0.1) is 0 Å². The van der Waals surface area contributed by atoms with Crippen LogP contribution in [0.15, 0.2) is 18.2 Å². The highest BCUT2D eigenvalue weighted by Gasteiger charge is 1.95. The molecule has 0 atom stereocenters. The van der Waals surface area contributed by atoms with E-state index in [4.69, 9.17) is 11.6 Å². The maximum atomic E-state index is 12.8. The van der Waals surface area contributed by atoms with Crippen LogP contribution in [-0.2, 0) is 0 Å². The summed E-state index contributed by atoms with van der Waals surface area (Å²) in [5.74, 6) is 5.36. The van der Waals surface area contributed by atoms with E-state index in [2.05, 4.69) is 27.8 Å². The molecule has 1 aromatic carbocycles. The van der Waals surface area contributed by atoms with Crippen LogP contribution in [0.3, 0.4) is 0 Å². The van der Waals surface area contributed by atoms with E-state index in [9.17, 15) is 4.39 Å². The Hall–Kier alpha value is -0.520. The lowest BCUT2D eigenvalue weighted by Crippen LogP contribution is -1.79. The quantitative estimate of drug-likeness (QED) is 0.535. The van der Waals surface area contributed by atoms with Crippen molar-refractivity contribution >= 4 is 27.5 Å². The number of alkyl halides is 1. The first-order chi connectivity index (χ1) is 6.22. The molecule has 0 bridgehead atoms. The molecule has 0 aliphatic carbocycles. The summed E-state index contributed by atoms with van der Waals surface area (Å²) in [6.07, 6.45) is 0.744. The van der Waals surface area contributed by atoms with Crippen LogP contribution in [0.4, 0.5) is 4.39 Å². The summed E-state index contributed by atoms with van der Waals surface area (Å²) in [7, 11) is 0. The molecule has 0 nitrogen and oxygen atoms in total. The average Bonchev–Trinajstić information content (AvgIpc) is 2.03. The van der Waals surface area contributed by atoms with Crippen LogP contribution in [-0.4, -0.2) is 5.33 Å². The fourth-order valence-corrected chi connectivity index (χ4v) is 1.26. The second-order valence-electron chi connectivity index (χ2n) is 2.40. The Balaban J connectivity index is 2.85. The first-order valence-electron chi connectivity index (χ1n) is 3.73. The van der Waals surface area contributed by atoms with Gasteiger partial charge in [-0.25, -0.2) is 4.39 Å². The van der Waals surface area contributed by atoms with Gasteiger partial charge >= 0.3 is 0 Å². The molecule has 0 aromatic heterocycles. The summed E-state index contributed by atoms with van der Waals surface area (Å²) < 4.78 is 12.8. The molecule has 0 N–H and O–H groups in total. The van der Waals surface area contributed by atoms with E-state index in [0.29, 0.717) is 10.6 Å². The second-order valence-corrected chi connectivity index (χ2v) is 3.63. The first-order valence-corrected chi connectivity index (χ1v) is 5.23. The van der Waals surface area contributed by atoms with Crippen molar-refractivity contribution in [2.75, 3.05) is 5.33 Å². The van der Waals surface area contributed by atoms with Crippen molar-refractivity contribution in [3.8, 4) is 11.8 Å². The lowest BCUT2D eigenvalue weighted by Gasteiger charge is -1.93. The molecular weight excluding hydrogens is 254 g/mol. The Kier molecular flexibility index (Phi) is 4.27. The van der Waals surface area contributed by atoms with Crippen molar-refractivity contribution < 1.29 is 4.39 Å². The van der Waals surface area contributed by atoms with E-state index in [1.807, 2.05) is 0 Å². The molecule has 13 heavy (non-hydrogen) atoms. The molecule has 0 heterocycles. The third-order valence-electron chi connectivity index (χ3n) is 1.31. The lowest BCUT2D eigenvalue weighted by molar-refractivity contribution is 0.627. The van der Waals surface area contributed by atoms with Gasteiger partial charge in [-0.2, -0.15) is 0 Å². The Morgan fingerprint density at radius 1 is 1.38 bits per heavy atom. The predicted octanol–water partition coefficient (Wildman–Crippen LogP) is 3.62. The monoisotopic (exact) mass is 260 g/mol. The summed E-state index contributed by atoms with van der Waals surface area (Å²) in [6.45, 7) is 0. The highest BCUT2D eigenvalue weighted by molar-refractivity contribution is 9.09. The number of benzene rings is 1. The van der Waals surface area contributed by atoms with Gasteiger partial charge in [0.1, 0.15) is 5.82 Å². The van der Waals surface area contributed by atoms with Crippen LogP contribution in [0.2, 0.25) is 5.02 Å². The summed E-state index contributed by atoms with van der Waals surface area (Å²) in [4.78, 5) is 0. The van der Waals surface area contributed by atoms with Crippen LogP contribution in [0.25, 0.3) is 0 Å². The molecule has 0 aliphatic rings. The zero-order chi connectivity index (χ0) is 9.68. The minimum Gasteiger partial charge on any atom is -0.207 e. The van der Waals surface area contributed by atoms with Gasteiger partial charge in [0.25, 0.3) is 0 Å². The fraction of sp³-hybridized carbons (Fsp3) is 0.200. The van der Waals surface area contributed by atoms with Crippen molar-refractivity contribution in [1.29, 1.82) is 0 Å². The first kappa shape index (κ1) is 10.6. The third-order valence-corrected chi connectivity index (χ3v) is 1.93. The standard InChI is InChI=1S/C10H7BrClF/c11-4-2-1-3-8-5-9(12)7-10(13)6-8/h5-7H,2,4H2. The number of rotatable bonds is 1. The fourth-order valence-electron chi connectivity index (χ4n) is 0.838. The van der Waals surface area contributed by atoms with Gasteiger partial charge in [0.2, 0.25) is 0 Å². The Bertz CT molecular complexity index is 331. The van der Waals surface area contributed by atoms with Crippen LogP contribution < -0.4 is 0 Å². The SMILES string of the molecule is Fc1cc(Cl)cc(C#CCCBr)c1. The zero-order valence-corrected chi connectivity index (χ0v) is 9.12. The summed E-state index contributed by atoms with van der Waals surface area (Å²) >= 11 is 8.90. The maximum Gasteiger partial charge on any atom is 0.125 e. The third kappa shape index (κ3) is 3.80. The number of halogens is 3. The van der Waals surface area contributed by atoms with Gasteiger partial charge in [0.15, 0.2) is 0 Å². The Morgan fingerprint density at radius 3 is 2.77 bits per heavy atom. The molecule has 0 aliphatic heterocycles. The smallest absolute Gasteiger partial charge is 0.125 e. The van der Waals surface area contributed by atoms with Gasteiger partial charge in [-0.3, -0.25) is 0 Å². The minimum absolute atomic E-state index is 0.351. The molecule has 0 radical (unpaired) electrons. The summed E-state index contributed by atoms with van der Waals surface area (Å²) in [6, 6.07) is 4.27. The van der Waals surface area contributed by atoms with Crippen molar-refractivity contribution in [1.82, 2.24) is 0 Å². The van der Waals surface area contributed by atoms with Crippen molar-refractivity contribution in [2.45, 2.75) is 6.42 Å². The average molecular weight is 262 g/mol. The Labute approximate surface area is 90.2 Å². The molecule has 0 fully saturated rings. The van der Waals surface area contributed by atoms with E-state index >= 15 is 0 Å². The molecule has 1 rings (SSSR count). The van der Waals surface area contributed by atoms with Gasteiger partial charge in [0, 0.05) is 22.3 Å². The van der Waals surface area contributed by atoms with Crippen molar-refractivity contribution in [3.63, 3.8) is 0 Å². The number of hydrogen-bond donors (Lipinski definition) is 0. The van der Waals surface area contributed by atoms with Crippen LogP contribution >= 0.6 is 27.5 Å². The highest BCUT2D eigenvalue weighted by atomic mass is 79.9. The summed E-state index contributed by atoms with van der Waals surface area (Å²) in [5, 5.41) is 1.20. The highest BCUT2D eigenvalue weighted by Crippen LogP contribution is 2.13. The van der Waals surface area contributed by atoms with E-state index < -0.39 is 0 Å². The molecule has 0 saturated carbocycles. The largest absolute Gasteiger partial charge is 0.207 e. The molecule has 0 saturated heterocycles.